The van der Waals surface area contributed by atoms with Crippen molar-refractivity contribution in [3.63, 3.8) is 0 Å². The summed E-state index contributed by atoms with van der Waals surface area (Å²) < 4.78 is 5.08. The van der Waals surface area contributed by atoms with E-state index in [9.17, 15) is 9.90 Å². The summed E-state index contributed by atoms with van der Waals surface area (Å²) in [4.78, 5) is 15.1. The Bertz CT molecular complexity index is 279. The van der Waals surface area contributed by atoms with E-state index < -0.39 is 12.1 Å². The van der Waals surface area contributed by atoms with E-state index in [-0.39, 0.29) is 13.0 Å². The number of rotatable bonds is 7. The Labute approximate surface area is 102 Å². The van der Waals surface area contributed by atoms with Gasteiger partial charge in [-0.05, 0) is 13.8 Å². The molecule has 3 N–H and O–H groups in total. The first-order valence-electron chi connectivity index (χ1n) is 5.48. The van der Waals surface area contributed by atoms with Crippen molar-refractivity contribution in [3.8, 4) is 0 Å². The highest BCUT2D eigenvalue weighted by molar-refractivity contribution is 5.93. The lowest BCUT2D eigenvalue weighted by Crippen LogP contribution is -2.35. The molecule has 0 rings (SSSR count). The minimum atomic E-state index is -0.681. The second-order valence-electron chi connectivity index (χ2n) is 3.60. The Morgan fingerprint density at radius 2 is 2.35 bits per heavy atom. The molecule has 6 heteroatoms. The lowest BCUT2D eigenvalue weighted by molar-refractivity contribution is 0.0535. The second kappa shape index (κ2) is 8.86. The summed E-state index contributed by atoms with van der Waals surface area (Å²) in [7, 11) is 0. The van der Waals surface area contributed by atoms with Gasteiger partial charge < -0.3 is 9.84 Å². The summed E-state index contributed by atoms with van der Waals surface area (Å²) in [5, 5.41) is 10.6. The lowest BCUT2D eigenvalue weighted by Gasteiger charge is -2.12. The maximum Gasteiger partial charge on any atom is 0.357 e. The standard InChI is InChI=1S/C11H21N3O3/c1-4-6-17-8-10(15)7-9(3)13-11(16)14(12)5-2/h4,10,15H,1,5-8,12H2,2-3H3. The topological polar surface area (TPSA) is 88.2 Å². The van der Waals surface area contributed by atoms with E-state index in [1.807, 2.05) is 0 Å². The van der Waals surface area contributed by atoms with E-state index in [1.54, 1.807) is 19.9 Å². The Kier molecular flexibility index (Phi) is 8.21. The van der Waals surface area contributed by atoms with E-state index in [4.69, 9.17) is 10.6 Å². The molecule has 0 aliphatic carbocycles. The molecule has 0 spiro atoms. The van der Waals surface area contributed by atoms with Gasteiger partial charge in [0.15, 0.2) is 0 Å². The molecule has 6 nitrogen and oxygen atoms in total. The average Bonchev–Trinajstić information content (AvgIpc) is 2.27. The van der Waals surface area contributed by atoms with E-state index >= 15 is 0 Å². The zero-order valence-corrected chi connectivity index (χ0v) is 10.4. The van der Waals surface area contributed by atoms with Crippen LogP contribution < -0.4 is 5.84 Å². The Morgan fingerprint density at radius 1 is 1.71 bits per heavy atom. The normalized spacial score (nSPS) is 13.3. The average molecular weight is 243 g/mol. The zero-order valence-electron chi connectivity index (χ0n) is 10.4. The monoisotopic (exact) mass is 243 g/mol. The van der Waals surface area contributed by atoms with Gasteiger partial charge in [0, 0.05) is 18.7 Å². The van der Waals surface area contributed by atoms with Crippen LogP contribution >= 0.6 is 0 Å². The van der Waals surface area contributed by atoms with Crippen LogP contribution in [0.2, 0.25) is 0 Å². The van der Waals surface area contributed by atoms with Crippen LogP contribution in [0, 0.1) is 0 Å². The number of nitrogens with two attached hydrogens (primary N) is 1. The highest BCUT2D eigenvalue weighted by Gasteiger charge is 2.09. The van der Waals surface area contributed by atoms with Crippen LogP contribution in [0.4, 0.5) is 4.79 Å². The van der Waals surface area contributed by atoms with Crippen LogP contribution in [-0.4, -0.2) is 47.7 Å². The van der Waals surface area contributed by atoms with Gasteiger partial charge in [-0.3, -0.25) is 5.01 Å². The van der Waals surface area contributed by atoms with Crippen molar-refractivity contribution in [1.82, 2.24) is 5.01 Å². The molecule has 0 aliphatic rings. The van der Waals surface area contributed by atoms with E-state index in [0.29, 0.717) is 18.9 Å². The van der Waals surface area contributed by atoms with Crippen LogP contribution in [0.5, 0.6) is 0 Å². The number of carbonyl (C=O) groups excluding carboxylic acids is 1. The molecule has 1 atom stereocenters. The van der Waals surface area contributed by atoms with Gasteiger partial charge in [-0.2, -0.15) is 0 Å². The number of urea groups is 1. The maximum absolute atomic E-state index is 11.3. The SMILES string of the molecule is C=CCOCC(O)CC(C)=NC(=O)N(N)CC. The molecule has 0 saturated heterocycles. The molecule has 0 bridgehead atoms. The third kappa shape index (κ3) is 7.62. The molecule has 0 fully saturated rings. The Morgan fingerprint density at radius 3 is 2.88 bits per heavy atom. The molecule has 0 saturated carbocycles. The number of hydrogen-bond donors (Lipinski definition) is 2. The van der Waals surface area contributed by atoms with Crippen molar-refractivity contribution in [3.05, 3.63) is 12.7 Å². The number of ether oxygens (including phenoxy) is 1. The number of aliphatic imine (C=N–C) groups is 1. The first kappa shape index (κ1) is 15.8. The van der Waals surface area contributed by atoms with Gasteiger partial charge in [0.1, 0.15) is 0 Å². The first-order valence-corrected chi connectivity index (χ1v) is 5.48. The number of nitrogens with zero attached hydrogens (tertiary/aromatic N) is 2. The van der Waals surface area contributed by atoms with Crippen LogP contribution in [-0.2, 0) is 4.74 Å². The van der Waals surface area contributed by atoms with Gasteiger partial charge in [-0.1, -0.05) is 6.08 Å². The molecule has 2 amide bonds. The first-order chi connectivity index (χ1) is 8.01. The molecular formula is C11H21N3O3. The Hall–Kier alpha value is -1.24. The van der Waals surface area contributed by atoms with Crippen molar-refractivity contribution >= 4 is 11.7 Å². The number of carbonyl (C=O) groups is 1. The molecule has 0 aromatic rings. The molecule has 0 aromatic carbocycles. The van der Waals surface area contributed by atoms with Crippen LogP contribution in [0.25, 0.3) is 0 Å². The fourth-order valence-corrected chi connectivity index (χ4v) is 1.10. The summed E-state index contributed by atoms with van der Waals surface area (Å²) >= 11 is 0. The zero-order chi connectivity index (χ0) is 13.3. The second-order valence-corrected chi connectivity index (χ2v) is 3.60. The van der Waals surface area contributed by atoms with Crippen molar-refractivity contribution in [2.75, 3.05) is 19.8 Å². The summed E-state index contributed by atoms with van der Waals surface area (Å²) in [6.07, 6.45) is 1.20. The van der Waals surface area contributed by atoms with E-state index in [0.717, 1.165) is 5.01 Å². The van der Waals surface area contributed by atoms with Crippen LogP contribution in [0.3, 0.4) is 0 Å². The lowest BCUT2D eigenvalue weighted by atomic mass is 10.2. The number of amides is 2. The van der Waals surface area contributed by atoms with Crippen molar-refractivity contribution < 1.29 is 14.6 Å². The predicted octanol–water partition coefficient (Wildman–Crippen LogP) is 0.717. The quantitative estimate of drug-likeness (QED) is 0.172. The van der Waals surface area contributed by atoms with Crippen molar-refractivity contribution in [2.24, 2.45) is 10.8 Å². The van der Waals surface area contributed by atoms with Gasteiger partial charge in [-0.25, -0.2) is 15.6 Å². The highest BCUT2D eigenvalue weighted by Crippen LogP contribution is 1.98. The molecular weight excluding hydrogens is 222 g/mol. The predicted molar refractivity (Wildman–Crippen MR) is 66.7 cm³/mol. The van der Waals surface area contributed by atoms with Crippen molar-refractivity contribution in [2.45, 2.75) is 26.4 Å². The number of aliphatic hydroxyl groups excluding tert-OH is 1. The van der Waals surface area contributed by atoms with Gasteiger partial charge in [0.2, 0.25) is 0 Å². The minimum Gasteiger partial charge on any atom is -0.390 e. The summed E-state index contributed by atoms with van der Waals surface area (Å²) in [6, 6.07) is -0.510. The summed E-state index contributed by atoms with van der Waals surface area (Å²) in [5.74, 6) is 5.37. The third-order valence-corrected chi connectivity index (χ3v) is 1.95. The van der Waals surface area contributed by atoms with Crippen molar-refractivity contribution in [1.29, 1.82) is 0 Å². The maximum atomic E-state index is 11.3. The molecule has 17 heavy (non-hydrogen) atoms. The fraction of sp³-hybridized carbons (Fsp3) is 0.636. The van der Waals surface area contributed by atoms with E-state index in [2.05, 4.69) is 11.6 Å². The molecule has 0 radical (unpaired) electrons. The number of hydrogen-bond acceptors (Lipinski definition) is 4. The molecule has 0 heterocycles. The molecule has 1 unspecified atom stereocenters. The van der Waals surface area contributed by atoms with Gasteiger partial charge in [-0.15, -0.1) is 6.58 Å². The molecule has 0 aromatic heterocycles. The smallest absolute Gasteiger partial charge is 0.357 e. The van der Waals surface area contributed by atoms with Gasteiger partial charge >= 0.3 is 6.03 Å². The van der Waals surface area contributed by atoms with Gasteiger partial charge in [0.05, 0.1) is 19.3 Å². The number of aliphatic hydroxyl groups is 1. The summed E-state index contributed by atoms with van der Waals surface area (Å²) in [5.41, 5.74) is 0.522. The minimum absolute atomic E-state index is 0.188. The molecule has 98 valence electrons. The fourth-order valence-electron chi connectivity index (χ4n) is 1.10. The summed E-state index contributed by atoms with van der Waals surface area (Å²) in [6.45, 7) is 7.87. The van der Waals surface area contributed by atoms with Crippen LogP contribution in [0.1, 0.15) is 20.3 Å². The largest absolute Gasteiger partial charge is 0.390 e. The number of hydrazine groups is 1. The van der Waals surface area contributed by atoms with Crippen LogP contribution in [0.15, 0.2) is 17.6 Å². The van der Waals surface area contributed by atoms with Gasteiger partial charge in [0.25, 0.3) is 0 Å². The third-order valence-electron chi connectivity index (χ3n) is 1.95. The van der Waals surface area contributed by atoms with E-state index in [1.165, 1.54) is 0 Å². The molecule has 0 aliphatic heterocycles. The highest BCUT2D eigenvalue weighted by atomic mass is 16.5. The Balaban J connectivity index is 4.05.